The van der Waals surface area contributed by atoms with Crippen LogP contribution in [-0.4, -0.2) is 21.5 Å². The van der Waals surface area contributed by atoms with Crippen LogP contribution >= 0.6 is 15.9 Å². The Balaban J connectivity index is 0.000000291. The van der Waals surface area contributed by atoms with E-state index in [1.807, 2.05) is 0 Å². The van der Waals surface area contributed by atoms with Crippen LogP contribution in [0.25, 0.3) is 0 Å². The molecular formula is C17H10BrF6N3O2. The topological polar surface area (TPSA) is 83.7 Å². The van der Waals surface area contributed by atoms with Crippen LogP contribution < -0.4 is 0 Å². The van der Waals surface area contributed by atoms with Crippen molar-refractivity contribution in [3.8, 4) is 6.07 Å². The first-order valence-corrected chi connectivity index (χ1v) is 8.19. The van der Waals surface area contributed by atoms with E-state index < -0.39 is 46.4 Å². The van der Waals surface area contributed by atoms with Crippen LogP contribution in [0.15, 0.2) is 29.0 Å². The van der Waals surface area contributed by atoms with Gasteiger partial charge in [-0.05, 0) is 28.1 Å². The number of carbonyl (C=O) groups is 2. The summed E-state index contributed by atoms with van der Waals surface area (Å²) in [6.45, 7) is 2.04. The summed E-state index contributed by atoms with van der Waals surface area (Å²) < 4.78 is 74.6. The fourth-order valence-electron chi connectivity index (χ4n) is 1.96. The fraction of sp³-hybridized carbons (Fsp3) is 0.235. The van der Waals surface area contributed by atoms with Gasteiger partial charge in [0.2, 0.25) is 0 Å². The monoisotopic (exact) mass is 481 g/mol. The summed E-state index contributed by atoms with van der Waals surface area (Å²) in [4.78, 5) is 28.5. The Morgan fingerprint density at radius 2 is 1.31 bits per heavy atom. The molecule has 0 fully saturated rings. The maximum absolute atomic E-state index is 12.4. The van der Waals surface area contributed by atoms with E-state index in [2.05, 4.69) is 25.9 Å². The van der Waals surface area contributed by atoms with Gasteiger partial charge >= 0.3 is 12.4 Å². The molecule has 0 unspecified atom stereocenters. The SMILES string of the molecule is CC(=O)c1ncc(Br)cc1C(F)(F)F.CC(=O)c1ncc(C#N)cc1C(F)(F)F. The predicted molar refractivity (Wildman–Crippen MR) is 90.9 cm³/mol. The normalized spacial score (nSPS) is 11.2. The highest BCUT2D eigenvalue weighted by atomic mass is 79.9. The van der Waals surface area contributed by atoms with E-state index in [-0.39, 0.29) is 10.0 Å². The fourth-order valence-corrected chi connectivity index (χ4v) is 2.29. The number of rotatable bonds is 2. The van der Waals surface area contributed by atoms with Crippen LogP contribution in [0.2, 0.25) is 0 Å². The second-order valence-corrected chi connectivity index (χ2v) is 6.31. The van der Waals surface area contributed by atoms with Gasteiger partial charge in [-0.15, -0.1) is 0 Å². The van der Waals surface area contributed by atoms with Gasteiger partial charge in [-0.1, -0.05) is 0 Å². The summed E-state index contributed by atoms with van der Waals surface area (Å²) in [5.41, 5.74) is -3.64. The van der Waals surface area contributed by atoms with E-state index >= 15 is 0 Å². The molecule has 12 heteroatoms. The molecule has 0 saturated heterocycles. The van der Waals surface area contributed by atoms with Crippen molar-refractivity contribution in [3.05, 3.63) is 57.1 Å². The zero-order valence-electron chi connectivity index (χ0n) is 14.6. The van der Waals surface area contributed by atoms with Crippen LogP contribution in [0.5, 0.6) is 0 Å². The Hall–Kier alpha value is -2.81. The van der Waals surface area contributed by atoms with Crippen molar-refractivity contribution < 1.29 is 35.9 Å². The van der Waals surface area contributed by atoms with Gasteiger partial charge in [0.25, 0.3) is 0 Å². The van der Waals surface area contributed by atoms with Crippen molar-refractivity contribution in [2.45, 2.75) is 26.2 Å². The van der Waals surface area contributed by atoms with Crippen molar-refractivity contribution >= 4 is 27.5 Å². The molecule has 0 amide bonds. The van der Waals surface area contributed by atoms with Gasteiger partial charge in [-0.25, -0.2) is 0 Å². The molecule has 0 atom stereocenters. The van der Waals surface area contributed by atoms with Crippen molar-refractivity contribution in [2.75, 3.05) is 0 Å². The number of nitrogens with zero attached hydrogens (tertiary/aromatic N) is 3. The van der Waals surface area contributed by atoms with Gasteiger partial charge in [0.1, 0.15) is 17.5 Å². The van der Waals surface area contributed by atoms with E-state index in [4.69, 9.17) is 5.26 Å². The average Bonchev–Trinajstić information content (AvgIpc) is 2.59. The number of hydrogen-bond acceptors (Lipinski definition) is 5. The zero-order chi connectivity index (χ0) is 22.6. The molecule has 0 radical (unpaired) electrons. The third-order valence-corrected chi connectivity index (χ3v) is 3.58. The third-order valence-electron chi connectivity index (χ3n) is 3.15. The van der Waals surface area contributed by atoms with Gasteiger partial charge in [0.15, 0.2) is 11.6 Å². The summed E-state index contributed by atoms with van der Waals surface area (Å²) >= 11 is 2.86. The molecule has 0 aliphatic heterocycles. The molecule has 0 spiro atoms. The van der Waals surface area contributed by atoms with Crippen LogP contribution in [0.3, 0.4) is 0 Å². The Labute approximate surface area is 168 Å². The summed E-state index contributed by atoms with van der Waals surface area (Å²) in [7, 11) is 0. The molecule has 154 valence electrons. The minimum absolute atomic E-state index is 0.190. The molecule has 0 N–H and O–H groups in total. The zero-order valence-corrected chi connectivity index (χ0v) is 16.2. The van der Waals surface area contributed by atoms with E-state index in [1.165, 1.54) is 6.07 Å². The van der Waals surface area contributed by atoms with Crippen LogP contribution in [0, 0.1) is 11.3 Å². The first kappa shape index (κ1) is 24.2. The second kappa shape index (κ2) is 9.13. The molecular weight excluding hydrogens is 472 g/mol. The van der Waals surface area contributed by atoms with Crippen molar-refractivity contribution in [3.63, 3.8) is 0 Å². The average molecular weight is 482 g/mol. The lowest BCUT2D eigenvalue weighted by molar-refractivity contribution is -0.139. The lowest BCUT2D eigenvalue weighted by Crippen LogP contribution is -2.13. The third kappa shape index (κ3) is 6.63. The van der Waals surface area contributed by atoms with E-state index in [1.54, 1.807) is 0 Å². The minimum atomic E-state index is -4.68. The van der Waals surface area contributed by atoms with Gasteiger partial charge in [-0.2, -0.15) is 31.6 Å². The summed E-state index contributed by atoms with van der Waals surface area (Å²) in [6, 6.07) is 2.98. The maximum Gasteiger partial charge on any atom is 0.418 e. The van der Waals surface area contributed by atoms with Crippen molar-refractivity contribution in [2.24, 2.45) is 0 Å². The molecule has 0 saturated carbocycles. The van der Waals surface area contributed by atoms with Gasteiger partial charge < -0.3 is 0 Å². The lowest BCUT2D eigenvalue weighted by atomic mass is 10.1. The maximum atomic E-state index is 12.4. The predicted octanol–water partition coefficient (Wildman–Crippen LogP) is 5.24. The van der Waals surface area contributed by atoms with Gasteiger partial charge in [0.05, 0.1) is 16.7 Å². The highest BCUT2D eigenvalue weighted by Gasteiger charge is 2.36. The summed E-state index contributed by atoms with van der Waals surface area (Å²) in [6.07, 6.45) is -7.14. The largest absolute Gasteiger partial charge is 0.418 e. The minimum Gasteiger partial charge on any atom is -0.293 e. The molecule has 29 heavy (non-hydrogen) atoms. The number of hydrogen-bond donors (Lipinski definition) is 0. The standard InChI is InChI=1S/C9H5F3N2O.C8H5BrF3NO/c1-5(15)8-7(9(10,11)12)2-6(3-13)4-14-8;1-4(14)7-6(8(10,11)12)2-5(9)3-13-7/h2,4H,1H3;2-3H,1H3. The summed E-state index contributed by atoms with van der Waals surface area (Å²) in [5, 5.41) is 8.41. The highest BCUT2D eigenvalue weighted by molar-refractivity contribution is 9.10. The van der Waals surface area contributed by atoms with Gasteiger partial charge in [-0.3, -0.25) is 19.6 Å². The first-order valence-electron chi connectivity index (χ1n) is 7.40. The number of pyridine rings is 2. The number of carbonyl (C=O) groups excluding carboxylic acids is 2. The number of ketones is 2. The lowest BCUT2D eigenvalue weighted by Gasteiger charge is -2.09. The molecule has 0 aliphatic carbocycles. The van der Waals surface area contributed by atoms with Crippen molar-refractivity contribution in [1.29, 1.82) is 5.26 Å². The molecule has 0 aromatic carbocycles. The first-order chi connectivity index (χ1) is 13.2. The molecule has 5 nitrogen and oxygen atoms in total. The van der Waals surface area contributed by atoms with Crippen LogP contribution in [0.1, 0.15) is 51.5 Å². The molecule has 0 aliphatic rings. The molecule has 2 aromatic heterocycles. The molecule has 2 rings (SSSR count). The quantitative estimate of drug-likeness (QED) is 0.432. The Kier molecular flexibility index (Phi) is 7.62. The summed E-state index contributed by atoms with van der Waals surface area (Å²) in [5.74, 6) is -1.49. The van der Waals surface area contributed by atoms with E-state index in [0.717, 1.165) is 32.3 Å². The number of Topliss-reactive ketones (excluding diaryl/α,β-unsaturated/α-hetero) is 2. The van der Waals surface area contributed by atoms with E-state index in [9.17, 15) is 35.9 Å². The van der Waals surface area contributed by atoms with Crippen molar-refractivity contribution in [1.82, 2.24) is 9.97 Å². The van der Waals surface area contributed by atoms with E-state index in [0.29, 0.717) is 6.07 Å². The van der Waals surface area contributed by atoms with Crippen LogP contribution in [0.4, 0.5) is 26.3 Å². The molecule has 0 bridgehead atoms. The number of aromatic nitrogens is 2. The highest BCUT2D eigenvalue weighted by Crippen LogP contribution is 2.33. The van der Waals surface area contributed by atoms with Gasteiger partial charge in [0, 0.05) is 30.7 Å². The molecule has 2 heterocycles. The Morgan fingerprint density at radius 1 is 0.897 bits per heavy atom. The Morgan fingerprint density at radius 3 is 1.69 bits per heavy atom. The molecule has 2 aromatic rings. The number of halogens is 7. The van der Waals surface area contributed by atoms with Crippen LogP contribution in [-0.2, 0) is 12.4 Å². The smallest absolute Gasteiger partial charge is 0.293 e. The second-order valence-electron chi connectivity index (χ2n) is 5.39. The Bertz CT molecular complexity index is 981. The number of alkyl halides is 6. The number of nitriles is 1.